The lowest BCUT2D eigenvalue weighted by molar-refractivity contribution is -0.115. The van der Waals surface area contributed by atoms with E-state index in [0.717, 1.165) is 12.1 Å². The number of benzene rings is 1. The Bertz CT molecular complexity index is 862. The molecule has 0 atom stereocenters. The van der Waals surface area contributed by atoms with E-state index in [1.165, 1.54) is 4.68 Å². The number of aromatic amines is 1. The molecule has 1 amide bonds. The molecule has 6 nitrogen and oxygen atoms in total. The van der Waals surface area contributed by atoms with Crippen LogP contribution in [0, 0.1) is 0 Å². The van der Waals surface area contributed by atoms with Crippen molar-refractivity contribution in [2.45, 2.75) is 13.3 Å². The lowest BCUT2D eigenvalue weighted by atomic mass is 10.2. The Labute approximate surface area is 127 Å². The monoisotopic (exact) mass is 298 g/mol. The van der Waals surface area contributed by atoms with Crippen molar-refractivity contribution in [3.8, 4) is 5.69 Å². The maximum Gasteiger partial charge on any atom is 0.280 e. The fourth-order valence-corrected chi connectivity index (χ4v) is 2.46. The highest BCUT2D eigenvalue weighted by Crippen LogP contribution is 2.00. The van der Waals surface area contributed by atoms with Crippen molar-refractivity contribution < 1.29 is 4.79 Å². The summed E-state index contributed by atoms with van der Waals surface area (Å²) in [6.07, 6.45) is 2.52. The SMILES string of the molecule is CCCNC(=O)C1=c2[nH]n(-c3ccccc3)c(=O)c2=CNC1. The third-order valence-corrected chi connectivity index (χ3v) is 3.58. The molecule has 1 aliphatic heterocycles. The molecule has 6 heteroatoms. The summed E-state index contributed by atoms with van der Waals surface area (Å²) >= 11 is 0. The van der Waals surface area contributed by atoms with Crippen LogP contribution in [-0.2, 0) is 4.79 Å². The summed E-state index contributed by atoms with van der Waals surface area (Å²) in [6, 6.07) is 9.30. The Hall–Kier alpha value is -2.76. The number of amides is 1. The van der Waals surface area contributed by atoms with E-state index in [1.807, 2.05) is 37.3 Å². The van der Waals surface area contributed by atoms with Gasteiger partial charge in [-0.3, -0.25) is 14.7 Å². The van der Waals surface area contributed by atoms with Gasteiger partial charge in [0.25, 0.3) is 11.5 Å². The average Bonchev–Trinajstić information content (AvgIpc) is 2.90. The summed E-state index contributed by atoms with van der Waals surface area (Å²) in [6.45, 7) is 3.01. The molecule has 0 saturated heterocycles. The maximum atomic E-state index is 12.5. The predicted molar refractivity (Wildman–Crippen MR) is 84.8 cm³/mol. The van der Waals surface area contributed by atoms with Crippen LogP contribution in [0.2, 0.25) is 0 Å². The number of fused-ring (bicyclic) bond motifs is 1. The quantitative estimate of drug-likeness (QED) is 0.690. The molecule has 0 spiro atoms. The van der Waals surface area contributed by atoms with Gasteiger partial charge < -0.3 is 10.6 Å². The summed E-state index contributed by atoms with van der Waals surface area (Å²) in [4.78, 5) is 24.8. The van der Waals surface area contributed by atoms with Gasteiger partial charge in [0.15, 0.2) is 0 Å². The highest BCUT2D eigenvalue weighted by molar-refractivity contribution is 6.14. The number of rotatable bonds is 4. The first kappa shape index (κ1) is 14.2. The fraction of sp³-hybridized carbons (Fsp3) is 0.250. The zero-order chi connectivity index (χ0) is 15.5. The first-order valence-electron chi connectivity index (χ1n) is 7.33. The molecule has 3 N–H and O–H groups in total. The zero-order valence-electron chi connectivity index (χ0n) is 12.3. The molecule has 0 radical (unpaired) electrons. The number of hydrogen-bond acceptors (Lipinski definition) is 3. The second-order valence-corrected chi connectivity index (χ2v) is 5.14. The Balaban J connectivity index is 2.16. The van der Waals surface area contributed by atoms with E-state index >= 15 is 0 Å². The number of carbonyl (C=O) groups excluding carboxylic acids is 1. The molecule has 0 fully saturated rings. The standard InChI is InChI=1S/C16H18N4O2/c1-2-8-18-15(21)12-9-17-10-13-14(12)19-20(16(13)22)11-6-4-3-5-7-11/h3-7,10,17,19H,2,8-9H2,1H3,(H,18,21). The number of aromatic nitrogens is 2. The summed E-state index contributed by atoms with van der Waals surface area (Å²) in [5.74, 6) is -0.148. The molecule has 0 saturated carbocycles. The van der Waals surface area contributed by atoms with Crippen molar-refractivity contribution in [1.82, 2.24) is 20.4 Å². The lowest BCUT2D eigenvalue weighted by Crippen LogP contribution is -2.46. The van der Waals surface area contributed by atoms with Crippen LogP contribution in [-0.4, -0.2) is 28.8 Å². The van der Waals surface area contributed by atoms with Gasteiger partial charge in [-0.1, -0.05) is 25.1 Å². The van der Waals surface area contributed by atoms with Crippen LogP contribution < -0.4 is 26.8 Å². The number of carbonyl (C=O) groups is 1. The van der Waals surface area contributed by atoms with Gasteiger partial charge in [0, 0.05) is 19.3 Å². The molecule has 0 bridgehead atoms. The molecule has 1 aromatic carbocycles. The van der Waals surface area contributed by atoms with Gasteiger partial charge in [-0.15, -0.1) is 0 Å². The third-order valence-electron chi connectivity index (χ3n) is 3.58. The van der Waals surface area contributed by atoms with Crippen molar-refractivity contribution in [1.29, 1.82) is 0 Å². The minimum Gasteiger partial charge on any atom is -0.386 e. The van der Waals surface area contributed by atoms with Gasteiger partial charge in [0.1, 0.15) is 0 Å². The van der Waals surface area contributed by atoms with Gasteiger partial charge in [-0.2, -0.15) is 0 Å². The van der Waals surface area contributed by atoms with E-state index in [2.05, 4.69) is 15.7 Å². The average molecular weight is 298 g/mol. The van der Waals surface area contributed by atoms with Crippen LogP contribution in [0.3, 0.4) is 0 Å². The van der Waals surface area contributed by atoms with Gasteiger partial charge >= 0.3 is 0 Å². The highest BCUT2D eigenvalue weighted by atomic mass is 16.2. The Kier molecular flexibility index (Phi) is 3.82. The molecule has 3 rings (SSSR count). The Morgan fingerprint density at radius 1 is 1.32 bits per heavy atom. The molecule has 1 aromatic heterocycles. The minimum absolute atomic E-state index is 0.148. The third kappa shape index (κ3) is 2.43. The van der Waals surface area contributed by atoms with Gasteiger partial charge in [-0.05, 0) is 18.6 Å². The van der Waals surface area contributed by atoms with E-state index in [4.69, 9.17) is 0 Å². The van der Waals surface area contributed by atoms with Gasteiger partial charge in [-0.25, -0.2) is 4.68 Å². The molecule has 0 unspecified atom stereocenters. The first-order chi connectivity index (χ1) is 10.7. The maximum absolute atomic E-state index is 12.5. The summed E-state index contributed by atoms with van der Waals surface area (Å²) in [5.41, 5.74) is 1.12. The molecule has 1 aliphatic rings. The first-order valence-corrected chi connectivity index (χ1v) is 7.33. The number of para-hydroxylation sites is 1. The van der Waals surface area contributed by atoms with Crippen LogP contribution in [0.15, 0.2) is 35.1 Å². The topological polar surface area (TPSA) is 78.9 Å². The molecular weight excluding hydrogens is 280 g/mol. The molecule has 114 valence electrons. The van der Waals surface area contributed by atoms with Crippen LogP contribution >= 0.6 is 0 Å². The van der Waals surface area contributed by atoms with E-state index in [1.54, 1.807) is 6.20 Å². The largest absolute Gasteiger partial charge is 0.386 e. The molecule has 2 aromatic rings. The van der Waals surface area contributed by atoms with E-state index in [0.29, 0.717) is 29.2 Å². The van der Waals surface area contributed by atoms with Crippen molar-refractivity contribution in [2.24, 2.45) is 0 Å². The van der Waals surface area contributed by atoms with Crippen LogP contribution in [0.4, 0.5) is 0 Å². The Morgan fingerprint density at radius 2 is 2.09 bits per heavy atom. The van der Waals surface area contributed by atoms with Crippen LogP contribution in [0.1, 0.15) is 13.3 Å². The zero-order valence-corrected chi connectivity index (χ0v) is 12.3. The smallest absolute Gasteiger partial charge is 0.280 e. The molecular formula is C16H18N4O2. The van der Waals surface area contributed by atoms with Crippen molar-refractivity contribution >= 4 is 17.7 Å². The number of nitrogens with zero attached hydrogens (tertiary/aromatic N) is 1. The van der Waals surface area contributed by atoms with Crippen LogP contribution in [0.5, 0.6) is 0 Å². The van der Waals surface area contributed by atoms with Crippen molar-refractivity contribution in [3.63, 3.8) is 0 Å². The lowest BCUT2D eigenvalue weighted by Gasteiger charge is -2.10. The summed E-state index contributed by atoms with van der Waals surface area (Å²) in [5, 5.41) is 9.98. The second kappa shape index (κ2) is 5.93. The number of H-pyrrole nitrogens is 1. The van der Waals surface area contributed by atoms with Crippen LogP contribution in [0.25, 0.3) is 17.5 Å². The van der Waals surface area contributed by atoms with Gasteiger partial charge in [0.2, 0.25) is 0 Å². The van der Waals surface area contributed by atoms with Gasteiger partial charge in [0.05, 0.1) is 21.8 Å². The predicted octanol–water partition coefficient (Wildman–Crippen LogP) is -0.816. The molecule has 2 heterocycles. The fourth-order valence-electron chi connectivity index (χ4n) is 2.46. The summed E-state index contributed by atoms with van der Waals surface area (Å²) in [7, 11) is 0. The molecule has 0 aliphatic carbocycles. The van der Waals surface area contributed by atoms with Crippen molar-refractivity contribution in [2.75, 3.05) is 13.1 Å². The van der Waals surface area contributed by atoms with E-state index < -0.39 is 0 Å². The second-order valence-electron chi connectivity index (χ2n) is 5.14. The molecule has 22 heavy (non-hydrogen) atoms. The number of nitrogens with one attached hydrogen (secondary N) is 3. The summed E-state index contributed by atoms with van der Waals surface area (Å²) < 4.78 is 1.46. The minimum atomic E-state index is -0.172. The number of hydrogen-bond donors (Lipinski definition) is 3. The van der Waals surface area contributed by atoms with E-state index in [9.17, 15) is 9.59 Å². The highest BCUT2D eigenvalue weighted by Gasteiger charge is 2.17. The van der Waals surface area contributed by atoms with Crippen molar-refractivity contribution in [3.05, 3.63) is 51.3 Å². The Morgan fingerprint density at radius 3 is 2.82 bits per heavy atom. The van der Waals surface area contributed by atoms with E-state index in [-0.39, 0.29) is 11.5 Å². The normalized spacial score (nSPS) is 13.0.